The number of amides is 2. The number of piperidine rings is 1. The Morgan fingerprint density at radius 2 is 1.55 bits per heavy atom. The SMILES string of the molecule is CCCCN(C(=O)Nc1ccc(C#N)cc1)C1CCN(Cc2ccc(Oc3ccc(NS(C)(=O)=O)cc3)cc2)CC1.Cl. The highest BCUT2D eigenvalue weighted by Crippen LogP contribution is 2.25. The molecule has 42 heavy (non-hydrogen) atoms. The second-order valence-corrected chi connectivity index (χ2v) is 12.1. The van der Waals surface area contributed by atoms with Gasteiger partial charge in [0, 0.05) is 43.6 Å². The van der Waals surface area contributed by atoms with E-state index in [1.807, 2.05) is 17.0 Å². The maximum Gasteiger partial charge on any atom is 0.322 e. The number of carbonyl (C=O) groups is 1. The second-order valence-electron chi connectivity index (χ2n) is 10.3. The van der Waals surface area contributed by atoms with Crippen molar-refractivity contribution in [3.63, 3.8) is 0 Å². The zero-order chi connectivity index (χ0) is 29.2. The molecular weight excluding hydrogens is 574 g/mol. The number of sulfonamides is 1. The van der Waals surface area contributed by atoms with E-state index in [1.165, 1.54) is 5.56 Å². The van der Waals surface area contributed by atoms with Gasteiger partial charge in [0.25, 0.3) is 0 Å². The Labute approximate surface area is 254 Å². The number of ether oxygens (including phenoxy) is 1. The van der Waals surface area contributed by atoms with Crippen molar-refractivity contribution in [2.75, 3.05) is 35.9 Å². The van der Waals surface area contributed by atoms with Crippen molar-refractivity contribution in [1.82, 2.24) is 9.80 Å². The number of benzene rings is 3. The molecule has 3 aromatic rings. The number of urea groups is 1. The molecule has 0 unspecified atom stereocenters. The zero-order valence-corrected chi connectivity index (χ0v) is 25.6. The lowest BCUT2D eigenvalue weighted by Gasteiger charge is -2.38. The van der Waals surface area contributed by atoms with Crippen molar-refractivity contribution in [3.05, 3.63) is 83.9 Å². The number of hydrogen-bond acceptors (Lipinski definition) is 6. The van der Waals surface area contributed by atoms with Crippen molar-refractivity contribution in [1.29, 1.82) is 5.26 Å². The van der Waals surface area contributed by atoms with Crippen LogP contribution in [0.2, 0.25) is 0 Å². The lowest BCUT2D eigenvalue weighted by molar-refractivity contribution is 0.122. The van der Waals surface area contributed by atoms with E-state index < -0.39 is 10.0 Å². The van der Waals surface area contributed by atoms with Crippen LogP contribution in [0.1, 0.15) is 43.7 Å². The molecule has 224 valence electrons. The van der Waals surface area contributed by atoms with Crippen molar-refractivity contribution in [3.8, 4) is 17.6 Å². The number of nitrogens with zero attached hydrogens (tertiary/aromatic N) is 3. The highest BCUT2D eigenvalue weighted by atomic mass is 35.5. The Kier molecular flexibility index (Phi) is 12.0. The Balaban J connectivity index is 0.00000484. The largest absolute Gasteiger partial charge is 0.457 e. The summed E-state index contributed by atoms with van der Waals surface area (Å²) in [5, 5.41) is 12.0. The summed E-state index contributed by atoms with van der Waals surface area (Å²) in [6.45, 7) is 5.49. The van der Waals surface area contributed by atoms with Gasteiger partial charge in [0.05, 0.1) is 17.9 Å². The van der Waals surface area contributed by atoms with E-state index in [-0.39, 0.29) is 24.5 Å². The van der Waals surface area contributed by atoms with Crippen LogP contribution in [0, 0.1) is 11.3 Å². The molecule has 1 heterocycles. The van der Waals surface area contributed by atoms with E-state index in [4.69, 9.17) is 10.00 Å². The van der Waals surface area contributed by atoms with Crippen LogP contribution in [0.4, 0.5) is 16.2 Å². The molecule has 1 fully saturated rings. The molecule has 2 amide bonds. The number of unbranched alkanes of at least 4 members (excludes halogenated alkanes) is 1. The number of nitriles is 1. The lowest BCUT2D eigenvalue weighted by atomic mass is 10.0. The first kappa shape index (κ1) is 32.7. The standard InChI is InChI=1S/C31H37N5O4S.ClH/c1-3-4-19-36(31(37)33-26-9-5-24(22-32)6-10-26)28-17-20-35(21-18-28)23-25-7-13-29(14-8-25)40-30-15-11-27(12-16-30)34-41(2,38)39;/h5-16,28,34H,3-4,17-21,23H2,1-2H3,(H,33,37);1H. The van der Waals surface area contributed by atoms with Crippen molar-refractivity contribution >= 4 is 39.8 Å². The molecule has 0 spiro atoms. The molecule has 0 radical (unpaired) electrons. The summed E-state index contributed by atoms with van der Waals surface area (Å²) in [5.41, 5.74) is 2.93. The molecule has 11 heteroatoms. The molecule has 0 aliphatic carbocycles. The predicted octanol–water partition coefficient (Wildman–Crippen LogP) is 6.44. The normalized spacial score (nSPS) is 13.8. The molecular formula is C31H38ClN5O4S. The highest BCUT2D eigenvalue weighted by molar-refractivity contribution is 7.92. The van der Waals surface area contributed by atoms with Crippen molar-refractivity contribution < 1.29 is 17.9 Å². The average molecular weight is 612 g/mol. The third-order valence-electron chi connectivity index (χ3n) is 7.00. The number of rotatable bonds is 11. The van der Waals surface area contributed by atoms with E-state index in [1.54, 1.807) is 48.5 Å². The Hall–Kier alpha value is -3.78. The predicted molar refractivity (Wildman–Crippen MR) is 169 cm³/mol. The Morgan fingerprint density at radius 3 is 2.10 bits per heavy atom. The number of carbonyl (C=O) groups excluding carboxylic acids is 1. The fourth-order valence-electron chi connectivity index (χ4n) is 4.85. The Bertz CT molecular complexity index is 1430. The van der Waals surface area contributed by atoms with E-state index in [0.29, 0.717) is 28.4 Å². The third-order valence-corrected chi connectivity index (χ3v) is 7.61. The van der Waals surface area contributed by atoms with Gasteiger partial charge in [-0.3, -0.25) is 9.62 Å². The molecule has 1 aliphatic rings. The number of likely N-dealkylation sites (tertiary alicyclic amines) is 1. The van der Waals surface area contributed by atoms with Crippen LogP contribution in [-0.4, -0.2) is 56.2 Å². The first-order valence-corrected chi connectivity index (χ1v) is 15.8. The van der Waals surface area contributed by atoms with Crippen LogP contribution < -0.4 is 14.8 Å². The third kappa shape index (κ3) is 9.94. The van der Waals surface area contributed by atoms with Crippen LogP contribution in [0.3, 0.4) is 0 Å². The molecule has 0 bridgehead atoms. The minimum atomic E-state index is -3.32. The Morgan fingerprint density at radius 1 is 0.976 bits per heavy atom. The molecule has 1 aliphatic heterocycles. The molecule has 4 rings (SSSR count). The topological polar surface area (TPSA) is 115 Å². The molecule has 0 saturated carbocycles. The number of nitrogens with one attached hydrogen (secondary N) is 2. The second kappa shape index (κ2) is 15.4. The number of anilines is 2. The first-order valence-electron chi connectivity index (χ1n) is 13.9. The number of halogens is 1. The van der Waals surface area contributed by atoms with Gasteiger partial charge < -0.3 is 15.0 Å². The summed E-state index contributed by atoms with van der Waals surface area (Å²) in [6.07, 6.45) is 4.91. The van der Waals surface area contributed by atoms with Crippen LogP contribution in [0.25, 0.3) is 0 Å². The molecule has 0 atom stereocenters. The molecule has 1 saturated heterocycles. The number of hydrogen-bond donors (Lipinski definition) is 2. The summed E-state index contributed by atoms with van der Waals surface area (Å²) in [4.78, 5) is 17.6. The maximum absolute atomic E-state index is 13.2. The van der Waals surface area contributed by atoms with Crippen LogP contribution in [-0.2, 0) is 16.6 Å². The highest BCUT2D eigenvalue weighted by Gasteiger charge is 2.27. The van der Waals surface area contributed by atoms with Crippen LogP contribution >= 0.6 is 12.4 Å². The smallest absolute Gasteiger partial charge is 0.322 e. The molecule has 0 aromatic heterocycles. The average Bonchev–Trinajstić information content (AvgIpc) is 2.96. The van der Waals surface area contributed by atoms with Gasteiger partial charge in [-0.1, -0.05) is 25.5 Å². The molecule has 3 aromatic carbocycles. The van der Waals surface area contributed by atoms with Gasteiger partial charge in [-0.05, 0) is 85.5 Å². The minimum absolute atomic E-state index is 0. The van der Waals surface area contributed by atoms with E-state index in [2.05, 4.69) is 40.1 Å². The van der Waals surface area contributed by atoms with Gasteiger partial charge in [-0.15, -0.1) is 12.4 Å². The maximum atomic E-state index is 13.2. The van der Waals surface area contributed by atoms with Gasteiger partial charge >= 0.3 is 6.03 Å². The van der Waals surface area contributed by atoms with Gasteiger partial charge in [-0.2, -0.15) is 5.26 Å². The van der Waals surface area contributed by atoms with Gasteiger partial charge in [0.1, 0.15) is 11.5 Å². The minimum Gasteiger partial charge on any atom is -0.457 e. The summed E-state index contributed by atoms with van der Waals surface area (Å²) in [5.74, 6) is 1.32. The fraction of sp³-hybridized carbons (Fsp3) is 0.355. The summed E-state index contributed by atoms with van der Waals surface area (Å²) in [7, 11) is -3.32. The lowest BCUT2D eigenvalue weighted by Crippen LogP contribution is -2.49. The van der Waals surface area contributed by atoms with Crippen LogP contribution in [0.5, 0.6) is 11.5 Å². The van der Waals surface area contributed by atoms with Crippen LogP contribution in [0.15, 0.2) is 72.8 Å². The first-order chi connectivity index (χ1) is 19.7. The van der Waals surface area contributed by atoms with Gasteiger partial charge in [0.2, 0.25) is 10.0 Å². The van der Waals surface area contributed by atoms with E-state index in [0.717, 1.165) is 58.1 Å². The van der Waals surface area contributed by atoms with Gasteiger partial charge in [0.15, 0.2) is 0 Å². The van der Waals surface area contributed by atoms with Gasteiger partial charge in [-0.25, -0.2) is 13.2 Å². The van der Waals surface area contributed by atoms with E-state index >= 15 is 0 Å². The summed E-state index contributed by atoms with van der Waals surface area (Å²) in [6, 6.07) is 23.9. The van der Waals surface area contributed by atoms with Crippen molar-refractivity contribution in [2.24, 2.45) is 0 Å². The quantitative estimate of drug-likeness (QED) is 0.258. The van der Waals surface area contributed by atoms with E-state index in [9.17, 15) is 13.2 Å². The monoisotopic (exact) mass is 611 g/mol. The zero-order valence-electron chi connectivity index (χ0n) is 24.0. The fourth-order valence-corrected chi connectivity index (χ4v) is 5.42. The molecule has 9 nitrogen and oxygen atoms in total. The molecule has 2 N–H and O–H groups in total. The summed E-state index contributed by atoms with van der Waals surface area (Å²) >= 11 is 0. The summed E-state index contributed by atoms with van der Waals surface area (Å²) < 4.78 is 31.1. The van der Waals surface area contributed by atoms with Crippen molar-refractivity contribution in [2.45, 2.75) is 45.2 Å².